The minimum Gasteiger partial charge on any atom is -0.284 e. The molecule has 0 bridgehead atoms. The Kier molecular flexibility index (Phi) is 4.41. The van der Waals surface area contributed by atoms with Crippen LogP contribution in [0.4, 0.5) is 13.2 Å². The molecule has 1 unspecified atom stereocenters. The van der Waals surface area contributed by atoms with Gasteiger partial charge in [-0.15, -0.1) is 0 Å². The van der Waals surface area contributed by atoms with Crippen molar-refractivity contribution in [2.45, 2.75) is 55.5 Å². The number of halogens is 3. The van der Waals surface area contributed by atoms with Gasteiger partial charge in [0.05, 0.1) is 11.1 Å². The fourth-order valence-corrected chi connectivity index (χ4v) is 4.74. The topological polar surface area (TPSA) is 40.6 Å². The van der Waals surface area contributed by atoms with Crippen LogP contribution in [0.25, 0.3) is 0 Å². The molecule has 0 aromatic heterocycles. The van der Waals surface area contributed by atoms with Crippen LogP contribution in [0.5, 0.6) is 0 Å². The number of hydrogen-bond donors (Lipinski definition) is 0. The highest BCUT2D eigenvalue weighted by Gasteiger charge is 2.54. The summed E-state index contributed by atoms with van der Waals surface area (Å²) in [6, 6.07) is 6.93. The van der Waals surface area contributed by atoms with E-state index in [9.17, 15) is 21.6 Å². The molecule has 23 heavy (non-hydrogen) atoms. The largest absolute Gasteiger partial charge is 0.475 e. The van der Waals surface area contributed by atoms with Gasteiger partial charge in [0, 0.05) is 6.04 Å². The van der Waals surface area contributed by atoms with E-state index in [1.54, 1.807) is 11.0 Å². The minimum absolute atomic E-state index is 0.0797. The summed E-state index contributed by atoms with van der Waals surface area (Å²) >= 11 is 0. The van der Waals surface area contributed by atoms with Crippen molar-refractivity contribution in [2.24, 2.45) is 0 Å². The average molecular weight is 348 g/mol. The van der Waals surface area contributed by atoms with Gasteiger partial charge < -0.3 is 0 Å². The Morgan fingerprint density at radius 1 is 1.04 bits per heavy atom. The van der Waals surface area contributed by atoms with Gasteiger partial charge in [0.1, 0.15) is 0 Å². The molecule has 1 atom stereocenters. The Morgan fingerprint density at radius 2 is 1.70 bits per heavy atom. The molecule has 8 heteroatoms. The van der Waals surface area contributed by atoms with Crippen LogP contribution < -0.4 is 0 Å². The first kappa shape index (κ1) is 16.7. The number of alkyl halides is 3. The van der Waals surface area contributed by atoms with Crippen molar-refractivity contribution in [1.29, 1.82) is 0 Å². The lowest BCUT2D eigenvalue weighted by molar-refractivity contribution is -0.239. The molecule has 1 aliphatic carbocycles. The molecule has 2 fully saturated rings. The molecule has 1 aromatic carbocycles. The monoisotopic (exact) mass is 348 g/mol. The van der Waals surface area contributed by atoms with Crippen molar-refractivity contribution in [1.82, 2.24) is 9.21 Å². The van der Waals surface area contributed by atoms with Gasteiger partial charge in [-0.1, -0.05) is 22.5 Å². The number of benzene rings is 1. The first-order chi connectivity index (χ1) is 10.8. The molecule has 1 saturated heterocycles. The molecule has 1 heterocycles. The molecule has 0 N–H and O–H groups in total. The molecular weight excluding hydrogens is 329 g/mol. The van der Waals surface area contributed by atoms with Gasteiger partial charge in [-0.2, -0.15) is 13.2 Å². The Bertz CT molecular complexity index is 644. The van der Waals surface area contributed by atoms with E-state index in [1.807, 2.05) is 0 Å². The van der Waals surface area contributed by atoms with Gasteiger partial charge in [0.15, 0.2) is 0 Å². The molecule has 1 aliphatic heterocycles. The molecule has 1 saturated carbocycles. The molecule has 4 nitrogen and oxygen atoms in total. The van der Waals surface area contributed by atoms with Crippen LogP contribution in [0.3, 0.4) is 0 Å². The van der Waals surface area contributed by atoms with Crippen LogP contribution in [-0.2, 0) is 10.0 Å². The first-order valence-corrected chi connectivity index (χ1v) is 9.18. The standard InChI is InChI=1S/C15H19F3N2O2S/c16-15(17,18)20(23(21,22)13-6-2-1-3-7-13)14-8-4-5-11-19(14)12-9-10-12/h1-3,6-7,12,14H,4-5,8-11H2. The summed E-state index contributed by atoms with van der Waals surface area (Å²) in [5, 5.41) is 0. The van der Waals surface area contributed by atoms with Crippen molar-refractivity contribution in [2.75, 3.05) is 6.54 Å². The number of piperidine rings is 1. The van der Waals surface area contributed by atoms with Crippen LogP contribution >= 0.6 is 0 Å². The van der Waals surface area contributed by atoms with Crippen LogP contribution in [0.15, 0.2) is 35.2 Å². The van der Waals surface area contributed by atoms with Crippen molar-refractivity contribution < 1.29 is 21.6 Å². The number of nitrogens with zero attached hydrogens (tertiary/aromatic N) is 2. The highest BCUT2D eigenvalue weighted by molar-refractivity contribution is 7.89. The fraction of sp³-hybridized carbons (Fsp3) is 0.600. The lowest BCUT2D eigenvalue weighted by Gasteiger charge is -2.42. The number of rotatable bonds is 4. The zero-order valence-corrected chi connectivity index (χ0v) is 13.4. The van der Waals surface area contributed by atoms with Gasteiger partial charge in [-0.3, -0.25) is 4.90 Å². The normalized spacial score (nSPS) is 24.1. The predicted molar refractivity (Wildman–Crippen MR) is 78.9 cm³/mol. The lowest BCUT2D eigenvalue weighted by Crippen LogP contribution is -2.58. The second-order valence-electron chi connectivity index (χ2n) is 6.03. The maximum Gasteiger partial charge on any atom is 0.475 e. The summed E-state index contributed by atoms with van der Waals surface area (Å²) < 4.78 is 66.1. The predicted octanol–water partition coefficient (Wildman–Crippen LogP) is 3.17. The third kappa shape index (κ3) is 3.39. The van der Waals surface area contributed by atoms with Crippen LogP contribution in [0.2, 0.25) is 0 Å². The molecule has 0 spiro atoms. The maximum absolute atomic E-state index is 13.7. The van der Waals surface area contributed by atoms with E-state index < -0.39 is 22.5 Å². The average Bonchev–Trinajstić information content (AvgIpc) is 3.32. The molecule has 0 amide bonds. The number of hydrogen-bond acceptors (Lipinski definition) is 3. The number of likely N-dealkylation sites (tertiary alicyclic amines) is 1. The third-order valence-corrected chi connectivity index (χ3v) is 6.18. The quantitative estimate of drug-likeness (QED) is 0.785. The van der Waals surface area contributed by atoms with E-state index in [0.29, 0.717) is 13.0 Å². The smallest absolute Gasteiger partial charge is 0.284 e. The van der Waals surface area contributed by atoms with E-state index in [-0.39, 0.29) is 21.7 Å². The third-order valence-electron chi connectivity index (χ3n) is 4.35. The van der Waals surface area contributed by atoms with Gasteiger partial charge in [0.25, 0.3) is 10.0 Å². The van der Waals surface area contributed by atoms with E-state index in [2.05, 4.69) is 0 Å². The second-order valence-corrected chi connectivity index (χ2v) is 7.84. The lowest BCUT2D eigenvalue weighted by atomic mass is 10.1. The van der Waals surface area contributed by atoms with Crippen molar-refractivity contribution in [3.63, 3.8) is 0 Å². The Labute approximate surface area is 133 Å². The van der Waals surface area contributed by atoms with Gasteiger partial charge >= 0.3 is 6.30 Å². The van der Waals surface area contributed by atoms with E-state index >= 15 is 0 Å². The molecule has 1 aromatic rings. The number of sulfonamides is 1. The Balaban J connectivity index is 2.01. The van der Waals surface area contributed by atoms with Crippen LogP contribution in [0.1, 0.15) is 32.1 Å². The first-order valence-electron chi connectivity index (χ1n) is 7.74. The molecule has 128 valence electrons. The Hall–Kier alpha value is -1.12. The maximum atomic E-state index is 13.7. The zero-order chi connectivity index (χ0) is 16.7. The van der Waals surface area contributed by atoms with E-state index in [1.165, 1.54) is 24.3 Å². The summed E-state index contributed by atoms with van der Waals surface area (Å²) in [6.07, 6.45) is -2.77. The molecule has 2 aliphatic rings. The summed E-state index contributed by atoms with van der Waals surface area (Å²) in [4.78, 5) is 1.40. The van der Waals surface area contributed by atoms with Gasteiger partial charge in [-0.25, -0.2) is 8.42 Å². The minimum atomic E-state index is -4.94. The fourth-order valence-electron chi connectivity index (χ4n) is 3.19. The van der Waals surface area contributed by atoms with E-state index in [0.717, 1.165) is 19.3 Å². The summed E-state index contributed by atoms with van der Waals surface area (Å²) in [5.74, 6) is 0. The van der Waals surface area contributed by atoms with Crippen LogP contribution in [-0.4, -0.2) is 42.7 Å². The summed E-state index contributed by atoms with van der Waals surface area (Å²) in [6.45, 7) is 0.520. The molecule has 0 radical (unpaired) electrons. The van der Waals surface area contributed by atoms with E-state index in [4.69, 9.17) is 0 Å². The van der Waals surface area contributed by atoms with Crippen molar-refractivity contribution >= 4 is 10.0 Å². The van der Waals surface area contributed by atoms with Crippen molar-refractivity contribution in [3.05, 3.63) is 30.3 Å². The second kappa shape index (κ2) is 6.07. The SMILES string of the molecule is O=S(=O)(c1ccccc1)N(C1CCCCN1C1CC1)C(F)(F)F. The molecule has 3 rings (SSSR count). The summed E-state index contributed by atoms with van der Waals surface area (Å²) in [5.41, 5.74) is 0. The highest BCUT2D eigenvalue weighted by Crippen LogP contribution is 2.40. The van der Waals surface area contributed by atoms with Crippen LogP contribution in [0, 0.1) is 0 Å². The Morgan fingerprint density at radius 3 is 2.26 bits per heavy atom. The van der Waals surface area contributed by atoms with Crippen molar-refractivity contribution in [3.8, 4) is 0 Å². The molecular formula is C15H19F3N2O2S. The summed E-state index contributed by atoms with van der Waals surface area (Å²) in [7, 11) is -4.63. The zero-order valence-electron chi connectivity index (χ0n) is 12.5. The highest BCUT2D eigenvalue weighted by atomic mass is 32.2. The van der Waals surface area contributed by atoms with Gasteiger partial charge in [-0.05, 0) is 50.8 Å². The van der Waals surface area contributed by atoms with Gasteiger partial charge in [0.2, 0.25) is 0 Å².